The fourth-order valence-electron chi connectivity index (χ4n) is 4.16. The molecule has 1 fully saturated rings. The quantitative estimate of drug-likeness (QED) is 0.490. The number of thiophene rings is 2. The number of nitrogens with one attached hydrogen (secondary N) is 2. The molecule has 8 heteroatoms. The van der Waals surface area contributed by atoms with Crippen molar-refractivity contribution < 1.29 is 14.4 Å². The van der Waals surface area contributed by atoms with Crippen LogP contribution >= 0.6 is 22.7 Å². The summed E-state index contributed by atoms with van der Waals surface area (Å²) >= 11 is 2.76. The van der Waals surface area contributed by atoms with Gasteiger partial charge in [0.25, 0.3) is 5.91 Å². The summed E-state index contributed by atoms with van der Waals surface area (Å²) in [5.41, 5.74) is 1.54. The molecular formula is C25H27N3O3S2. The molecule has 2 N–H and O–H groups in total. The van der Waals surface area contributed by atoms with Crippen molar-refractivity contribution in [3.63, 3.8) is 0 Å². The maximum atomic E-state index is 13.6. The first-order valence-electron chi connectivity index (χ1n) is 11.1. The van der Waals surface area contributed by atoms with Gasteiger partial charge in [-0.25, -0.2) is 0 Å². The highest BCUT2D eigenvalue weighted by atomic mass is 32.1. The lowest BCUT2D eigenvalue weighted by Gasteiger charge is -2.32. The van der Waals surface area contributed by atoms with E-state index in [0.29, 0.717) is 10.6 Å². The number of aryl methyl sites for hydroxylation is 1. The van der Waals surface area contributed by atoms with Gasteiger partial charge < -0.3 is 10.6 Å². The first kappa shape index (κ1) is 23.2. The van der Waals surface area contributed by atoms with Crippen LogP contribution in [0.1, 0.15) is 51.8 Å². The maximum absolute atomic E-state index is 13.6. The smallest absolute Gasteiger partial charge is 0.261 e. The van der Waals surface area contributed by atoms with E-state index in [1.54, 1.807) is 17.0 Å². The molecular weight excluding hydrogens is 454 g/mol. The highest BCUT2D eigenvalue weighted by molar-refractivity contribution is 7.12. The largest absolute Gasteiger partial charge is 0.351 e. The Hall–Kier alpha value is -2.97. The molecule has 6 nitrogen and oxygen atoms in total. The zero-order valence-electron chi connectivity index (χ0n) is 18.5. The van der Waals surface area contributed by atoms with Gasteiger partial charge >= 0.3 is 0 Å². The van der Waals surface area contributed by atoms with Crippen molar-refractivity contribution in [2.24, 2.45) is 0 Å². The average Bonchev–Trinajstić information content (AvgIpc) is 3.59. The molecule has 33 heavy (non-hydrogen) atoms. The third kappa shape index (κ3) is 5.51. The normalized spacial score (nSPS) is 14.6. The van der Waals surface area contributed by atoms with Crippen molar-refractivity contribution in [3.05, 3.63) is 74.6 Å². The van der Waals surface area contributed by atoms with Gasteiger partial charge in [0.15, 0.2) is 0 Å². The average molecular weight is 482 g/mol. The summed E-state index contributed by atoms with van der Waals surface area (Å²) in [6.07, 6.45) is 4.11. The minimum atomic E-state index is -0.808. The summed E-state index contributed by atoms with van der Waals surface area (Å²) in [6, 6.07) is 14.1. The number of para-hydroxylation sites is 1. The van der Waals surface area contributed by atoms with Crippen LogP contribution in [0, 0.1) is 6.92 Å². The third-order valence-corrected chi connectivity index (χ3v) is 7.60. The number of hydrogen-bond donors (Lipinski definition) is 2. The predicted molar refractivity (Wildman–Crippen MR) is 133 cm³/mol. The standard InChI is InChI=1S/C25H27N3O3S2/c1-17-8-2-5-11-19(17)28(22(29)16-26-24(30)21-13-7-15-33-21)23(20-12-6-14-32-20)25(31)27-18-9-3-4-10-18/h2,5-8,11-15,18,23H,3-4,9-10,16H2,1H3,(H,26,30)(H,27,31)/t23-/m0/s1. The Balaban J connectivity index is 1.65. The molecule has 0 spiro atoms. The van der Waals surface area contributed by atoms with E-state index in [1.807, 2.05) is 54.1 Å². The van der Waals surface area contributed by atoms with Crippen molar-refractivity contribution in [2.45, 2.75) is 44.7 Å². The van der Waals surface area contributed by atoms with Gasteiger partial charge in [0.2, 0.25) is 11.8 Å². The van der Waals surface area contributed by atoms with Crippen LogP contribution in [-0.4, -0.2) is 30.3 Å². The fraction of sp³-hybridized carbons (Fsp3) is 0.320. The second-order valence-corrected chi connectivity index (χ2v) is 10.0. The van der Waals surface area contributed by atoms with Gasteiger partial charge in [0.1, 0.15) is 6.04 Å². The van der Waals surface area contributed by atoms with E-state index in [4.69, 9.17) is 0 Å². The SMILES string of the molecule is Cc1ccccc1N(C(=O)CNC(=O)c1cccs1)[C@H](C(=O)NC1CCCC1)c1cccs1. The molecule has 3 aromatic rings. The molecule has 1 aromatic carbocycles. The predicted octanol–water partition coefficient (Wildman–Crippen LogP) is 4.68. The molecule has 172 valence electrons. The Morgan fingerprint density at radius 3 is 2.39 bits per heavy atom. The third-order valence-electron chi connectivity index (χ3n) is 5.81. The molecule has 2 aromatic heterocycles. The number of anilines is 1. The van der Waals surface area contributed by atoms with Crippen LogP contribution in [0.5, 0.6) is 0 Å². The van der Waals surface area contributed by atoms with Gasteiger partial charge in [-0.2, -0.15) is 0 Å². The summed E-state index contributed by atoms with van der Waals surface area (Å²) in [5.74, 6) is -0.828. The van der Waals surface area contributed by atoms with E-state index in [1.165, 1.54) is 22.7 Å². The highest BCUT2D eigenvalue weighted by Gasteiger charge is 2.35. The Labute approximate surface area is 201 Å². The van der Waals surface area contributed by atoms with Crippen molar-refractivity contribution in [1.29, 1.82) is 0 Å². The van der Waals surface area contributed by atoms with E-state index in [0.717, 1.165) is 36.1 Å². The lowest BCUT2D eigenvalue weighted by atomic mass is 10.1. The summed E-state index contributed by atoms with van der Waals surface area (Å²) in [4.78, 5) is 42.5. The second-order valence-electron chi connectivity index (χ2n) is 8.12. The van der Waals surface area contributed by atoms with Gasteiger partial charge in [-0.05, 0) is 54.3 Å². The lowest BCUT2D eigenvalue weighted by molar-refractivity contribution is -0.126. The summed E-state index contributed by atoms with van der Waals surface area (Å²) in [5, 5.41) is 9.61. The number of benzene rings is 1. The van der Waals surface area contributed by atoms with Crippen LogP contribution in [0.4, 0.5) is 5.69 Å². The number of amides is 3. The Morgan fingerprint density at radius 2 is 1.73 bits per heavy atom. The minimum Gasteiger partial charge on any atom is -0.351 e. The molecule has 0 aliphatic heterocycles. The second kappa shape index (κ2) is 10.8. The van der Waals surface area contributed by atoms with Crippen LogP contribution in [0.15, 0.2) is 59.3 Å². The Kier molecular flexibility index (Phi) is 7.57. The summed E-state index contributed by atoms with van der Waals surface area (Å²) < 4.78 is 0. The maximum Gasteiger partial charge on any atom is 0.261 e. The number of carbonyl (C=O) groups excluding carboxylic acids is 3. The zero-order valence-corrected chi connectivity index (χ0v) is 20.1. The summed E-state index contributed by atoms with van der Waals surface area (Å²) in [6.45, 7) is 1.71. The van der Waals surface area contributed by atoms with E-state index in [-0.39, 0.29) is 30.3 Å². The molecule has 0 bridgehead atoms. The molecule has 4 rings (SSSR count). The van der Waals surface area contributed by atoms with Crippen molar-refractivity contribution >= 4 is 46.1 Å². The molecule has 1 aliphatic rings. The first-order valence-corrected chi connectivity index (χ1v) is 12.8. The van der Waals surface area contributed by atoms with Crippen LogP contribution in [0.3, 0.4) is 0 Å². The molecule has 1 atom stereocenters. The van der Waals surface area contributed by atoms with E-state index < -0.39 is 6.04 Å². The summed E-state index contributed by atoms with van der Waals surface area (Å²) in [7, 11) is 0. The van der Waals surface area contributed by atoms with Crippen LogP contribution in [-0.2, 0) is 9.59 Å². The molecule has 3 amide bonds. The van der Waals surface area contributed by atoms with Crippen LogP contribution in [0.25, 0.3) is 0 Å². The van der Waals surface area contributed by atoms with Gasteiger partial charge in [-0.3, -0.25) is 19.3 Å². The van der Waals surface area contributed by atoms with Gasteiger partial charge in [0.05, 0.1) is 11.4 Å². The molecule has 1 saturated carbocycles. The van der Waals surface area contributed by atoms with Crippen molar-refractivity contribution in [2.75, 3.05) is 11.4 Å². The molecule has 2 heterocycles. The molecule has 0 saturated heterocycles. The highest BCUT2D eigenvalue weighted by Crippen LogP contribution is 2.33. The number of rotatable bonds is 8. The monoisotopic (exact) mass is 481 g/mol. The van der Waals surface area contributed by atoms with Crippen molar-refractivity contribution in [1.82, 2.24) is 10.6 Å². The van der Waals surface area contributed by atoms with E-state index in [9.17, 15) is 14.4 Å². The Morgan fingerprint density at radius 1 is 1.00 bits per heavy atom. The molecule has 0 radical (unpaired) electrons. The number of carbonyl (C=O) groups is 3. The van der Waals surface area contributed by atoms with E-state index >= 15 is 0 Å². The zero-order chi connectivity index (χ0) is 23.2. The molecule has 1 aliphatic carbocycles. The minimum absolute atomic E-state index is 0.132. The van der Waals surface area contributed by atoms with E-state index in [2.05, 4.69) is 10.6 Å². The van der Waals surface area contributed by atoms with Crippen LogP contribution in [0.2, 0.25) is 0 Å². The fourth-order valence-corrected chi connectivity index (χ4v) is 5.61. The van der Waals surface area contributed by atoms with Crippen molar-refractivity contribution in [3.8, 4) is 0 Å². The Bertz CT molecular complexity index is 1090. The number of hydrogen-bond acceptors (Lipinski definition) is 5. The number of nitrogens with zero attached hydrogens (tertiary/aromatic N) is 1. The van der Waals surface area contributed by atoms with Gasteiger partial charge in [0, 0.05) is 16.6 Å². The first-order chi connectivity index (χ1) is 16.0. The van der Waals surface area contributed by atoms with Gasteiger partial charge in [-0.1, -0.05) is 43.2 Å². The lowest BCUT2D eigenvalue weighted by Crippen LogP contribution is -2.49. The molecule has 0 unspecified atom stereocenters. The van der Waals surface area contributed by atoms with Gasteiger partial charge in [-0.15, -0.1) is 22.7 Å². The topological polar surface area (TPSA) is 78.5 Å². The van der Waals surface area contributed by atoms with Crippen LogP contribution < -0.4 is 15.5 Å².